The predicted molar refractivity (Wildman–Crippen MR) is 65.8 cm³/mol. The van der Waals surface area contributed by atoms with Crippen LogP contribution in [-0.2, 0) is 13.0 Å². The first-order valence-electron chi connectivity index (χ1n) is 5.89. The van der Waals surface area contributed by atoms with Crippen LogP contribution in [0.1, 0.15) is 35.5 Å². The minimum atomic E-state index is -0.292. The molecule has 0 saturated heterocycles. The first-order chi connectivity index (χ1) is 8.79. The van der Waals surface area contributed by atoms with Gasteiger partial charge in [0.1, 0.15) is 5.82 Å². The summed E-state index contributed by atoms with van der Waals surface area (Å²) < 4.78 is 0. The summed E-state index contributed by atoms with van der Waals surface area (Å²) in [6, 6.07) is 5.55. The molecular formula is C12H15N5O. The Hall–Kier alpha value is -2.24. The highest BCUT2D eigenvalue weighted by atomic mass is 16.2. The lowest BCUT2D eigenvalue weighted by Crippen LogP contribution is -2.24. The first-order valence-corrected chi connectivity index (χ1v) is 5.89. The molecule has 0 atom stereocenters. The van der Waals surface area contributed by atoms with E-state index in [2.05, 4.69) is 25.5 Å². The Bertz CT molecular complexity index is 508. The van der Waals surface area contributed by atoms with Gasteiger partial charge in [0.2, 0.25) is 5.82 Å². The van der Waals surface area contributed by atoms with E-state index in [1.807, 2.05) is 25.1 Å². The summed E-state index contributed by atoms with van der Waals surface area (Å²) in [7, 11) is 0. The SMILES string of the molecule is CCCc1nc(C(=O)NCc2ccccn2)n[nH]1. The first kappa shape index (κ1) is 12.2. The number of aromatic amines is 1. The number of hydrogen-bond acceptors (Lipinski definition) is 4. The molecule has 0 fully saturated rings. The maximum Gasteiger partial charge on any atom is 0.291 e. The summed E-state index contributed by atoms with van der Waals surface area (Å²) >= 11 is 0. The molecule has 0 spiro atoms. The van der Waals surface area contributed by atoms with E-state index in [1.165, 1.54) is 0 Å². The number of amides is 1. The maximum atomic E-state index is 11.8. The van der Waals surface area contributed by atoms with Crippen LogP contribution in [0.4, 0.5) is 0 Å². The molecule has 0 aliphatic carbocycles. The van der Waals surface area contributed by atoms with Gasteiger partial charge in [-0.1, -0.05) is 13.0 Å². The van der Waals surface area contributed by atoms with E-state index < -0.39 is 0 Å². The Morgan fingerprint density at radius 3 is 3.06 bits per heavy atom. The van der Waals surface area contributed by atoms with Gasteiger partial charge >= 0.3 is 0 Å². The Kier molecular flexibility index (Phi) is 4.01. The molecule has 0 aliphatic rings. The van der Waals surface area contributed by atoms with Gasteiger partial charge in [-0.05, 0) is 18.6 Å². The molecule has 94 valence electrons. The van der Waals surface area contributed by atoms with Gasteiger partial charge in [0, 0.05) is 12.6 Å². The summed E-state index contributed by atoms with van der Waals surface area (Å²) in [5, 5.41) is 9.35. The third kappa shape index (κ3) is 3.13. The lowest BCUT2D eigenvalue weighted by atomic mass is 10.3. The summed E-state index contributed by atoms with van der Waals surface area (Å²) in [6.07, 6.45) is 3.44. The van der Waals surface area contributed by atoms with E-state index in [1.54, 1.807) is 6.20 Å². The van der Waals surface area contributed by atoms with Crippen LogP contribution in [0.3, 0.4) is 0 Å². The van der Waals surface area contributed by atoms with E-state index in [0.29, 0.717) is 6.54 Å². The number of H-pyrrole nitrogens is 1. The zero-order chi connectivity index (χ0) is 12.8. The molecular weight excluding hydrogens is 230 g/mol. The molecule has 2 N–H and O–H groups in total. The molecule has 1 amide bonds. The number of aryl methyl sites for hydroxylation is 1. The van der Waals surface area contributed by atoms with Crippen molar-refractivity contribution < 1.29 is 4.79 Å². The normalized spacial score (nSPS) is 10.3. The van der Waals surface area contributed by atoms with Crippen molar-refractivity contribution >= 4 is 5.91 Å². The summed E-state index contributed by atoms with van der Waals surface area (Å²) in [5.41, 5.74) is 0.801. The number of pyridine rings is 1. The molecule has 0 saturated carbocycles. The van der Waals surface area contributed by atoms with Gasteiger partial charge in [0.15, 0.2) is 0 Å². The molecule has 0 bridgehead atoms. The molecule has 2 aromatic heterocycles. The highest BCUT2D eigenvalue weighted by Crippen LogP contribution is 1.98. The van der Waals surface area contributed by atoms with Gasteiger partial charge in [-0.15, -0.1) is 5.10 Å². The smallest absolute Gasteiger partial charge is 0.291 e. The van der Waals surface area contributed by atoms with Gasteiger partial charge in [-0.2, -0.15) is 0 Å². The Morgan fingerprint density at radius 1 is 1.44 bits per heavy atom. The van der Waals surface area contributed by atoms with E-state index in [4.69, 9.17) is 0 Å². The van der Waals surface area contributed by atoms with Crippen LogP contribution in [0.15, 0.2) is 24.4 Å². The standard InChI is InChI=1S/C12H15N5O/c1-2-5-10-15-11(17-16-10)12(18)14-8-9-6-3-4-7-13-9/h3-4,6-7H,2,5,8H2,1H3,(H,14,18)(H,15,16,17). The lowest BCUT2D eigenvalue weighted by Gasteiger charge is -2.00. The molecule has 18 heavy (non-hydrogen) atoms. The number of hydrogen-bond donors (Lipinski definition) is 2. The fourth-order valence-corrected chi connectivity index (χ4v) is 1.50. The van der Waals surface area contributed by atoms with Gasteiger partial charge in [0.25, 0.3) is 5.91 Å². The average Bonchev–Trinajstić information content (AvgIpc) is 2.86. The Labute approximate surface area is 105 Å². The van der Waals surface area contributed by atoms with E-state index in [0.717, 1.165) is 24.4 Å². The van der Waals surface area contributed by atoms with Crippen molar-refractivity contribution in [3.63, 3.8) is 0 Å². The highest BCUT2D eigenvalue weighted by molar-refractivity contribution is 5.90. The average molecular weight is 245 g/mol. The largest absolute Gasteiger partial charge is 0.344 e. The number of carbonyl (C=O) groups is 1. The topological polar surface area (TPSA) is 83.6 Å². The van der Waals surface area contributed by atoms with Crippen molar-refractivity contribution in [1.82, 2.24) is 25.5 Å². The minimum Gasteiger partial charge on any atom is -0.344 e. The van der Waals surface area contributed by atoms with E-state index in [-0.39, 0.29) is 11.7 Å². The molecule has 6 nitrogen and oxygen atoms in total. The summed E-state index contributed by atoms with van der Waals surface area (Å²) in [5.74, 6) is 0.620. The summed E-state index contributed by atoms with van der Waals surface area (Å²) in [4.78, 5) is 20.0. The molecule has 2 aromatic rings. The van der Waals surface area contributed by atoms with Crippen molar-refractivity contribution in [2.24, 2.45) is 0 Å². The van der Waals surface area contributed by atoms with Crippen molar-refractivity contribution in [3.8, 4) is 0 Å². The van der Waals surface area contributed by atoms with Crippen LogP contribution in [0.2, 0.25) is 0 Å². The second-order valence-corrected chi connectivity index (χ2v) is 3.86. The molecule has 0 unspecified atom stereocenters. The van der Waals surface area contributed by atoms with Gasteiger partial charge in [-0.25, -0.2) is 4.98 Å². The molecule has 6 heteroatoms. The third-order valence-electron chi connectivity index (χ3n) is 2.38. The number of nitrogens with one attached hydrogen (secondary N) is 2. The maximum absolute atomic E-state index is 11.8. The second-order valence-electron chi connectivity index (χ2n) is 3.86. The monoisotopic (exact) mass is 245 g/mol. The van der Waals surface area contributed by atoms with Crippen LogP contribution in [0.5, 0.6) is 0 Å². The minimum absolute atomic E-state index is 0.175. The second kappa shape index (κ2) is 5.90. The zero-order valence-corrected chi connectivity index (χ0v) is 10.2. The van der Waals surface area contributed by atoms with Crippen LogP contribution in [0, 0.1) is 0 Å². The predicted octanol–water partition coefficient (Wildman–Crippen LogP) is 1.08. The van der Waals surface area contributed by atoms with Crippen molar-refractivity contribution in [1.29, 1.82) is 0 Å². The lowest BCUT2D eigenvalue weighted by molar-refractivity contribution is 0.0940. The van der Waals surface area contributed by atoms with Crippen molar-refractivity contribution in [2.45, 2.75) is 26.3 Å². The molecule has 0 aromatic carbocycles. The van der Waals surface area contributed by atoms with Crippen LogP contribution >= 0.6 is 0 Å². The number of aromatic nitrogens is 4. The summed E-state index contributed by atoms with van der Waals surface area (Å²) in [6.45, 7) is 2.42. The van der Waals surface area contributed by atoms with Crippen molar-refractivity contribution in [3.05, 3.63) is 41.7 Å². The number of carbonyl (C=O) groups excluding carboxylic acids is 1. The van der Waals surface area contributed by atoms with Crippen molar-refractivity contribution in [2.75, 3.05) is 0 Å². The molecule has 2 heterocycles. The number of rotatable bonds is 5. The van der Waals surface area contributed by atoms with Gasteiger partial charge < -0.3 is 5.32 Å². The fourth-order valence-electron chi connectivity index (χ4n) is 1.50. The Morgan fingerprint density at radius 2 is 2.33 bits per heavy atom. The highest BCUT2D eigenvalue weighted by Gasteiger charge is 2.11. The van der Waals surface area contributed by atoms with Crippen LogP contribution in [-0.4, -0.2) is 26.1 Å². The quantitative estimate of drug-likeness (QED) is 0.825. The molecule has 2 rings (SSSR count). The fraction of sp³-hybridized carbons (Fsp3) is 0.333. The third-order valence-corrected chi connectivity index (χ3v) is 2.38. The van der Waals surface area contributed by atoms with Crippen LogP contribution in [0.25, 0.3) is 0 Å². The zero-order valence-electron chi connectivity index (χ0n) is 10.2. The van der Waals surface area contributed by atoms with Gasteiger partial charge in [-0.3, -0.25) is 14.9 Å². The van der Waals surface area contributed by atoms with Crippen LogP contribution < -0.4 is 5.32 Å². The van der Waals surface area contributed by atoms with E-state index in [9.17, 15) is 4.79 Å². The van der Waals surface area contributed by atoms with Gasteiger partial charge in [0.05, 0.1) is 12.2 Å². The number of nitrogens with zero attached hydrogens (tertiary/aromatic N) is 3. The molecule has 0 aliphatic heterocycles. The van der Waals surface area contributed by atoms with E-state index >= 15 is 0 Å². The Balaban J connectivity index is 1.91. The molecule has 0 radical (unpaired) electrons.